The Labute approximate surface area is 63.9 Å². The van der Waals surface area contributed by atoms with Crippen LogP contribution in [0.3, 0.4) is 0 Å². The zero-order chi connectivity index (χ0) is 8.85. The van der Waals surface area contributed by atoms with Gasteiger partial charge in [0.15, 0.2) is 0 Å². The number of amides is 1. The van der Waals surface area contributed by atoms with Crippen LogP contribution in [0.4, 0.5) is 0 Å². The number of carbonyl (C=O) groups is 2. The quantitative estimate of drug-likeness (QED) is 0.530. The molecule has 0 saturated heterocycles. The zero-order valence-electron chi connectivity index (χ0n) is 6.25. The first-order chi connectivity index (χ1) is 5.11. The first-order valence-electron chi connectivity index (χ1n) is 2.86. The molecule has 0 fully saturated rings. The molecule has 0 aromatic heterocycles. The van der Waals surface area contributed by atoms with Gasteiger partial charge in [-0.05, 0) is 0 Å². The Morgan fingerprint density at radius 2 is 2.18 bits per heavy atom. The molecule has 1 atom stereocenters. The molecule has 0 rings (SSSR count). The van der Waals surface area contributed by atoms with Gasteiger partial charge in [-0.2, -0.15) is 5.26 Å². The summed E-state index contributed by atoms with van der Waals surface area (Å²) in [4.78, 5) is 21.0. The van der Waals surface area contributed by atoms with Crippen LogP contribution in [0.15, 0.2) is 0 Å². The van der Waals surface area contributed by atoms with Crippen LogP contribution < -0.4 is 5.32 Å². The molecule has 0 aliphatic carbocycles. The Bertz CT molecular complexity index is 206. The molecule has 0 aromatic carbocycles. The van der Waals surface area contributed by atoms with Gasteiger partial charge in [0.25, 0.3) is 0 Å². The number of nitriles is 1. The summed E-state index contributed by atoms with van der Waals surface area (Å²) in [6, 6.07) is 0.381. The molecule has 0 saturated carbocycles. The van der Waals surface area contributed by atoms with E-state index in [1.54, 1.807) is 6.07 Å². The molecule has 1 amide bonds. The second-order valence-electron chi connectivity index (χ2n) is 1.79. The van der Waals surface area contributed by atoms with Gasteiger partial charge in [-0.15, -0.1) is 0 Å². The summed E-state index contributed by atoms with van der Waals surface area (Å²) < 4.78 is 4.23. The topological polar surface area (TPSA) is 79.2 Å². The van der Waals surface area contributed by atoms with Crippen molar-refractivity contribution >= 4 is 11.9 Å². The van der Waals surface area contributed by atoms with E-state index >= 15 is 0 Å². The van der Waals surface area contributed by atoms with Crippen LogP contribution in [0.25, 0.3) is 0 Å². The van der Waals surface area contributed by atoms with Crippen molar-refractivity contribution in [3.63, 3.8) is 0 Å². The smallest absolute Gasteiger partial charge is 0.343 e. The van der Waals surface area contributed by atoms with E-state index in [2.05, 4.69) is 10.1 Å². The van der Waals surface area contributed by atoms with Crippen molar-refractivity contribution in [2.45, 2.75) is 13.0 Å². The molecule has 0 bridgehead atoms. The average molecular weight is 156 g/mol. The summed E-state index contributed by atoms with van der Waals surface area (Å²) in [5.74, 6) is -1.20. The van der Waals surface area contributed by atoms with Gasteiger partial charge in [0.2, 0.25) is 11.9 Å². The van der Waals surface area contributed by atoms with Crippen molar-refractivity contribution in [1.82, 2.24) is 5.32 Å². The Morgan fingerprint density at radius 1 is 1.64 bits per heavy atom. The van der Waals surface area contributed by atoms with Crippen LogP contribution in [0.2, 0.25) is 0 Å². The highest BCUT2D eigenvalue weighted by molar-refractivity contribution is 5.85. The highest BCUT2D eigenvalue weighted by Crippen LogP contribution is 1.84. The molecule has 5 nitrogen and oxygen atoms in total. The van der Waals surface area contributed by atoms with E-state index in [1.165, 1.54) is 6.92 Å². The monoisotopic (exact) mass is 156 g/mol. The molecule has 1 N–H and O–H groups in total. The van der Waals surface area contributed by atoms with E-state index in [0.29, 0.717) is 0 Å². The summed E-state index contributed by atoms with van der Waals surface area (Å²) in [6.45, 7) is 1.22. The lowest BCUT2D eigenvalue weighted by Crippen LogP contribution is -2.39. The largest absolute Gasteiger partial charge is 0.467 e. The fraction of sp³-hybridized carbons (Fsp3) is 0.500. The van der Waals surface area contributed by atoms with E-state index in [4.69, 9.17) is 5.26 Å². The number of rotatable bonds is 2. The van der Waals surface area contributed by atoms with Gasteiger partial charge in [-0.25, -0.2) is 4.79 Å². The highest BCUT2D eigenvalue weighted by atomic mass is 16.5. The second kappa shape index (κ2) is 4.28. The van der Waals surface area contributed by atoms with E-state index in [-0.39, 0.29) is 0 Å². The SMILES string of the molecule is COC(=O)[C@H](C#N)NC(C)=O. The third kappa shape index (κ3) is 3.20. The number of esters is 1. The lowest BCUT2D eigenvalue weighted by atomic mass is 10.3. The number of ether oxygens (including phenoxy) is 1. The molecule has 0 aliphatic rings. The first kappa shape index (κ1) is 9.43. The minimum absolute atomic E-state index is 0.443. The minimum atomic E-state index is -1.20. The molecule has 0 spiro atoms. The van der Waals surface area contributed by atoms with Gasteiger partial charge >= 0.3 is 5.97 Å². The van der Waals surface area contributed by atoms with E-state index in [9.17, 15) is 9.59 Å². The summed E-state index contributed by atoms with van der Waals surface area (Å²) in [5.41, 5.74) is 0. The Hall–Kier alpha value is -1.57. The average Bonchev–Trinajstić information content (AvgIpc) is 1.98. The maximum absolute atomic E-state index is 10.6. The highest BCUT2D eigenvalue weighted by Gasteiger charge is 2.18. The summed E-state index contributed by atoms with van der Waals surface area (Å²) in [6.07, 6.45) is 0. The third-order valence-corrected chi connectivity index (χ3v) is 0.914. The molecule has 11 heavy (non-hydrogen) atoms. The van der Waals surface area contributed by atoms with Gasteiger partial charge in [0, 0.05) is 6.92 Å². The van der Waals surface area contributed by atoms with Gasteiger partial charge in [-0.1, -0.05) is 0 Å². The number of nitrogens with one attached hydrogen (secondary N) is 1. The van der Waals surface area contributed by atoms with E-state index in [0.717, 1.165) is 7.11 Å². The Morgan fingerprint density at radius 3 is 2.45 bits per heavy atom. The van der Waals surface area contributed by atoms with Crippen LogP contribution in [0, 0.1) is 11.3 Å². The van der Waals surface area contributed by atoms with Crippen molar-refractivity contribution in [2.75, 3.05) is 7.11 Å². The van der Waals surface area contributed by atoms with Crippen molar-refractivity contribution in [1.29, 1.82) is 5.26 Å². The lowest BCUT2D eigenvalue weighted by molar-refractivity contribution is -0.143. The van der Waals surface area contributed by atoms with E-state index < -0.39 is 17.9 Å². The van der Waals surface area contributed by atoms with Crippen LogP contribution in [0.1, 0.15) is 6.92 Å². The summed E-state index contributed by atoms with van der Waals surface area (Å²) in [5, 5.41) is 10.4. The fourth-order valence-electron chi connectivity index (χ4n) is 0.465. The maximum atomic E-state index is 10.6. The fourth-order valence-corrected chi connectivity index (χ4v) is 0.465. The summed E-state index contributed by atoms with van der Waals surface area (Å²) in [7, 11) is 1.15. The van der Waals surface area contributed by atoms with Crippen molar-refractivity contribution in [3.05, 3.63) is 0 Å². The first-order valence-corrected chi connectivity index (χ1v) is 2.86. The van der Waals surface area contributed by atoms with Gasteiger partial charge in [-0.3, -0.25) is 4.79 Å². The molecule has 0 radical (unpaired) electrons. The lowest BCUT2D eigenvalue weighted by Gasteiger charge is -2.05. The molecule has 60 valence electrons. The predicted molar refractivity (Wildman–Crippen MR) is 35.2 cm³/mol. The standard InChI is InChI=1S/C6H8N2O3/c1-4(9)8-5(3-7)6(10)11-2/h5H,1-2H3,(H,8,9)/t5-/m0/s1. The van der Waals surface area contributed by atoms with Crippen LogP contribution in [-0.2, 0) is 14.3 Å². The van der Waals surface area contributed by atoms with Gasteiger partial charge in [0.05, 0.1) is 13.2 Å². The van der Waals surface area contributed by atoms with Crippen LogP contribution in [-0.4, -0.2) is 25.0 Å². The Kier molecular flexibility index (Phi) is 3.67. The van der Waals surface area contributed by atoms with E-state index in [1.807, 2.05) is 0 Å². The maximum Gasteiger partial charge on any atom is 0.343 e. The van der Waals surface area contributed by atoms with Gasteiger partial charge in [0.1, 0.15) is 0 Å². The molecular formula is C6H8N2O3. The van der Waals surface area contributed by atoms with Crippen LogP contribution >= 0.6 is 0 Å². The molecular weight excluding hydrogens is 148 g/mol. The number of nitrogens with zero attached hydrogens (tertiary/aromatic N) is 1. The van der Waals surface area contributed by atoms with Gasteiger partial charge < -0.3 is 10.1 Å². The van der Waals surface area contributed by atoms with Crippen LogP contribution in [0.5, 0.6) is 0 Å². The second-order valence-corrected chi connectivity index (χ2v) is 1.79. The minimum Gasteiger partial charge on any atom is -0.467 e. The number of carbonyl (C=O) groups excluding carboxylic acids is 2. The molecule has 0 unspecified atom stereocenters. The molecule has 0 aliphatic heterocycles. The number of hydrogen-bond donors (Lipinski definition) is 1. The number of hydrogen-bond acceptors (Lipinski definition) is 4. The summed E-state index contributed by atoms with van der Waals surface area (Å²) >= 11 is 0. The normalized spacial score (nSPS) is 11.0. The predicted octanol–water partition coefficient (Wildman–Crippen LogP) is -0.812. The zero-order valence-corrected chi connectivity index (χ0v) is 6.25. The number of methoxy groups -OCH3 is 1. The van der Waals surface area contributed by atoms with Crippen molar-refractivity contribution < 1.29 is 14.3 Å². The third-order valence-electron chi connectivity index (χ3n) is 0.914. The molecule has 0 heterocycles. The molecule has 5 heteroatoms. The molecule has 0 aromatic rings. The van der Waals surface area contributed by atoms with Crippen molar-refractivity contribution in [3.8, 4) is 6.07 Å². The van der Waals surface area contributed by atoms with Crippen molar-refractivity contribution in [2.24, 2.45) is 0 Å². The Balaban J connectivity index is 4.09.